The molecule has 0 radical (unpaired) electrons. The van der Waals surface area contributed by atoms with Crippen molar-refractivity contribution >= 4 is 5.71 Å². The Morgan fingerprint density at radius 2 is 2.12 bits per heavy atom. The van der Waals surface area contributed by atoms with Crippen LogP contribution in [0.3, 0.4) is 0 Å². The van der Waals surface area contributed by atoms with Crippen LogP contribution in [0.4, 0.5) is 0 Å². The van der Waals surface area contributed by atoms with Gasteiger partial charge in [-0.15, -0.1) is 0 Å². The summed E-state index contributed by atoms with van der Waals surface area (Å²) in [7, 11) is 0. The molecule has 2 atom stereocenters. The van der Waals surface area contributed by atoms with Gasteiger partial charge in [-0.2, -0.15) is 0 Å². The third kappa shape index (κ3) is 0.770. The second-order valence-corrected chi connectivity index (χ2v) is 2.64. The lowest BCUT2D eigenvalue weighted by atomic mass is 10.2. The van der Waals surface area contributed by atoms with Crippen molar-refractivity contribution in [3.05, 3.63) is 0 Å². The molecule has 0 aromatic heterocycles. The molecule has 0 aliphatic heterocycles. The normalized spacial score (nSPS) is 35.5. The summed E-state index contributed by atoms with van der Waals surface area (Å²) in [5, 5.41) is 7.28. The third-order valence-electron chi connectivity index (χ3n) is 1.98. The minimum absolute atomic E-state index is 0.620. The fourth-order valence-corrected chi connectivity index (χ4v) is 1.18. The van der Waals surface area contributed by atoms with Crippen molar-refractivity contribution in [2.45, 2.75) is 26.7 Å². The zero-order chi connectivity index (χ0) is 6.15. The number of nitrogens with one attached hydrogen (secondary N) is 1. The second-order valence-electron chi connectivity index (χ2n) is 2.64. The quantitative estimate of drug-likeness (QED) is 0.564. The second kappa shape index (κ2) is 1.88. The molecule has 0 aromatic carbocycles. The summed E-state index contributed by atoms with van der Waals surface area (Å²) in [5.41, 5.74) is 0.979. The molecule has 0 aromatic rings. The molecule has 1 N–H and O–H groups in total. The Morgan fingerprint density at radius 3 is 2.25 bits per heavy atom. The smallest absolute Gasteiger partial charge is 0.0161 e. The highest BCUT2D eigenvalue weighted by atomic mass is 14.6. The van der Waals surface area contributed by atoms with Gasteiger partial charge in [-0.3, -0.25) is 0 Å². The molecule has 1 fully saturated rings. The topological polar surface area (TPSA) is 23.9 Å². The van der Waals surface area contributed by atoms with Crippen molar-refractivity contribution in [1.82, 2.24) is 0 Å². The minimum Gasteiger partial charge on any atom is -0.309 e. The molecule has 2 unspecified atom stereocenters. The van der Waals surface area contributed by atoms with Gasteiger partial charge in [0.1, 0.15) is 0 Å². The van der Waals surface area contributed by atoms with Gasteiger partial charge in [0.15, 0.2) is 0 Å². The maximum Gasteiger partial charge on any atom is 0.0161 e. The summed E-state index contributed by atoms with van der Waals surface area (Å²) in [6, 6.07) is 0. The van der Waals surface area contributed by atoms with E-state index in [0.29, 0.717) is 11.8 Å². The first-order chi connectivity index (χ1) is 3.77. The van der Waals surface area contributed by atoms with Crippen LogP contribution in [0, 0.1) is 17.2 Å². The summed E-state index contributed by atoms with van der Waals surface area (Å²) >= 11 is 0. The lowest BCUT2D eigenvalue weighted by Gasteiger charge is -1.85. The largest absolute Gasteiger partial charge is 0.309 e. The average Bonchev–Trinajstić information content (AvgIpc) is 2.25. The van der Waals surface area contributed by atoms with Crippen LogP contribution >= 0.6 is 0 Å². The van der Waals surface area contributed by atoms with Crippen LogP contribution in [0.1, 0.15) is 26.7 Å². The zero-order valence-corrected chi connectivity index (χ0v) is 5.57. The minimum atomic E-state index is 0.620. The van der Waals surface area contributed by atoms with Crippen LogP contribution in [-0.2, 0) is 0 Å². The first-order valence-corrected chi connectivity index (χ1v) is 3.35. The van der Waals surface area contributed by atoms with Gasteiger partial charge < -0.3 is 5.41 Å². The van der Waals surface area contributed by atoms with Crippen LogP contribution in [0.15, 0.2) is 0 Å². The summed E-state index contributed by atoms with van der Waals surface area (Å²) in [6.45, 7) is 4.32. The molecule has 0 spiro atoms. The van der Waals surface area contributed by atoms with Crippen molar-refractivity contribution in [3.63, 3.8) is 0 Å². The Labute approximate surface area is 50.6 Å². The van der Waals surface area contributed by atoms with Gasteiger partial charge in [0.2, 0.25) is 0 Å². The fraction of sp³-hybridized carbons (Fsp3) is 0.857. The molecule has 1 nitrogen and oxygen atoms in total. The van der Waals surface area contributed by atoms with Crippen molar-refractivity contribution in [2.75, 3.05) is 0 Å². The highest BCUT2D eigenvalue weighted by Gasteiger charge is 2.39. The molecular formula is C7H13N. The van der Waals surface area contributed by atoms with Crippen molar-refractivity contribution < 1.29 is 0 Å². The van der Waals surface area contributed by atoms with Gasteiger partial charge in [0, 0.05) is 17.5 Å². The lowest BCUT2D eigenvalue weighted by molar-refractivity contribution is 0.666. The molecule has 0 saturated heterocycles. The van der Waals surface area contributed by atoms with Crippen LogP contribution in [0.25, 0.3) is 0 Å². The van der Waals surface area contributed by atoms with E-state index in [-0.39, 0.29) is 0 Å². The Hall–Kier alpha value is -0.330. The van der Waals surface area contributed by atoms with Crippen LogP contribution in [0.2, 0.25) is 0 Å². The monoisotopic (exact) mass is 111 g/mol. The molecule has 1 rings (SSSR count). The predicted molar refractivity (Wildman–Crippen MR) is 35.3 cm³/mol. The molecule has 1 aliphatic carbocycles. The molecule has 8 heavy (non-hydrogen) atoms. The Kier molecular flexibility index (Phi) is 1.37. The first kappa shape index (κ1) is 5.80. The van der Waals surface area contributed by atoms with E-state index in [0.717, 1.165) is 5.71 Å². The Bertz CT molecular complexity index is 107. The van der Waals surface area contributed by atoms with Gasteiger partial charge in [0.25, 0.3) is 0 Å². The maximum absolute atomic E-state index is 7.28. The SMILES string of the molecule is CCCC1C(=N)C1C. The molecule has 1 aliphatic rings. The van der Waals surface area contributed by atoms with Gasteiger partial charge in [-0.05, 0) is 6.42 Å². The van der Waals surface area contributed by atoms with Crippen LogP contribution < -0.4 is 0 Å². The average molecular weight is 111 g/mol. The van der Waals surface area contributed by atoms with Crippen LogP contribution in [0.5, 0.6) is 0 Å². The number of hydrogen-bond donors (Lipinski definition) is 1. The van der Waals surface area contributed by atoms with E-state index in [9.17, 15) is 0 Å². The van der Waals surface area contributed by atoms with Gasteiger partial charge in [-0.1, -0.05) is 20.3 Å². The fourth-order valence-electron chi connectivity index (χ4n) is 1.18. The van der Waals surface area contributed by atoms with Gasteiger partial charge in [-0.25, -0.2) is 0 Å². The molecule has 0 bridgehead atoms. The van der Waals surface area contributed by atoms with E-state index < -0.39 is 0 Å². The van der Waals surface area contributed by atoms with E-state index >= 15 is 0 Å². The van der Waals surface area contributed by atoms with Gasteiger partial charge in [0.05, 0.1) is 0 Å². The lowest BCUT2D eigenvalue weighted by Crippen LogP contribution is -1.75. The van der Waals surface area contributed by atoms with Gasteiger partial charge >= 0.3 is 0 Å². The standard InChI is InChI=1S/C7H13N/c1-3-4-6-5(2)7(6)8/h5-6,8H,3-4H2,1-2H3. The summed E-state index contributed by atoms with van der Waals surface area (Å²) in [4.78, 5) is 0. The summed E-state index contributed by atoms with van der Waals surface area (Å²) in [6.07, 6.45) is 2.47. The van der Waals surface area contributed by atoms with E-state index in [4.69, 9.17) is 5.41 Å². The van der Waals surface area contributed by atoms with Crippen molar-refractivity contribution in [2.24, 2.45) is 11.8 Å². The summed E-state index contributed by atoms with van der Waals surface area (Å²) < 4.78 is 0. The highest BCUT2D eigenvalue weighted by molar-refractivity contribution is 6.01. The molecule has 0 heterocycles. The van der Waals surface area contributed by atoms with E-state index in [1.165, 1.54) is 12.8 Å². The molecular weight excluding hydrogens is 98.1 g/mol. The van der Waals surface area contributed by atoms with Crippen molar-refractivity contribution in [3.8, 4) is 0 Å². The zero-order valence-electron chi connectivity index (χ0n) is 5.57. The number of rotatable bonds is 2. The maximum atomic E-state index is 7.28. The summed E-state index contributed by atoms with van der Waals surface area (Å²) in [5.74, 6) is 1.29. The van der Waals surface area contributed by atoms with E-state index in [1.807, 2.05) is 0 Å². The Morgan fingerprint density at radius 1 is 1.62 bits per heavy atom. The predicted octanol–water partition coefficient (Wildman–Crippen LogP) is 2.07. The molecule has 1 heteroatoms. The Balaban J connectivity index is 2.23. The van der Waals surface area contributed by atoms with E-state index in [1.54, 1.807) is 0 Å². The molecule has 46 valence electrons. The third-order valence-corrected chi connectivity index (χ3v) is 1.98. The highest BCUT2D eigenvalue weighted by Crippen LogP contribution is 2.36. The van der Waals surface area contributed by atoms with E-state index in [2.05, 4.69) is 13.8 Å². The van der Waals surface area contributed by atoms with Crippen molar-refractivity contribution in [1.29, 1.82) is 5.41 Å². The molecule has 0 amide bonds. The van der Waals surface area contributed by atoms with Crippen LogP contribution in [-0.4, -0.2) is 5.71 Å². The molecule has 1 saturated carbocycles. The first-order valence-electron chi connectivity index (χ1n) is 3.35. The number of hydrogen-bond acceptors (Lipinski definition) is 1.